The van der Waals surface area contributed by atoms with Gasteiger partial charge in [-0.1, -0.05) is 134 Å². The van der Waals surface area contributed by atoms with Crippen molar-refractivity contribution in [3.8, 4) is 27.9 Å². The summed E-state index contributed by atoms with van der Waals surface area (Å²) in [6.07, 6.45) is 0. The lowest BCUT2D eigenvalue weighted by Gasteiger charge is -2.42. The Labute approximate surface area is 384 Å². The van der Waals surface area contributed by atoms with E-state index in [0.717, 1.165) is 21.9 Å². The first kappa shape index (κ1) is 37.8. The second kappa shape index (κ2) is 12.2. The Balaban J connectivity index is 1.16. The van der Waals surface area contributed by atoms with Gasteiger partial charge in [0.15, 0.2) is 0 Å². The number of thiophene rings is 1. The largest absolute Gasteiger partial charge is 0.456 e. The third-order valence-electron chi connectivity index (χ3n) is 15.6. The Morgan fingerprint density at radius 1 is 0.554 bits per heavy atom. The van der Waals surface area contributed by atoms with E-state index >= 15 is 0 Å². The molecule has 11 aromatic rings. The molecule has 5 heterocycles. The normalized spacial score (nSPS) is 14.9. The van der Waals surface area contributed by atoms with Gasteiger partial charge >= 0.3 is 6.85 Å². The quantitative estimate of drug-likeness (QED) is 0.153. The minimum absolute atomic E-state index is 0.0355. The van der Waals surface area contributed by atoms with Crippen LogP contribution in [0.1, 0.15) is 83.2 Å². The molecule has 0 unspecified atom stereocenters. The van der Waals surface area contributed by atoms with Gasteiger partial charge in [0, 0.05) is 69.8 Å². The maximum Gasteiger partial charge on any atom is 0.333 e. The van der Waals surface area contributed by atoms with E-state index in [1.54, 1.807) is 0 Å². The number of furan rings is 1. The van der Waals surface area contributed by atoms with E-state index in [-0.39, 0.29) is 23.1 Å². The molecule has 3 aromatic heterocycles. The molecule has 0 saturated heterocycles. The maximum absolute atomic E-state index is 6.64. The Bertz CT molecular complexity index is 3960. The standard InChI is InChI=1S/C60H49BN2OS/c1-32-24-43-40-26-42-38-23-20-34(59(5,6)7)25-53(38)65-54(42)31-49(40)63(35-21-18-33(19-22-35)58(2,3)4)61-47-30-46-39(36-14-10-12-16-45(36)60(46,8)9)27-50(47)62-48-28-41-37-15-11-13-17-51(37)64-52(41)29-44(48)55(32)57(62)56(43)61/h10-31H,1-9H3. The number of nitrogens with zero attached hydrogens (tertiary/aromatic N) is 2. The summed E-state index contributed by atoms with van der Waals surface area (Å²) in [6.45, 7) is 21.0. The number of fused-ring (bicyclic) bond motifs is 17. The monoisotopic (exact) mass is 856 g/mol. The number of rotatable bonds is 1. The molecule has 0 radical (unpaired) electrons. The Morgan fingerprint density at radius 3 is 2.09 bits per heavy atom. The Kier molecular flexibility index (Phi) is 7.10. The molecule has 0 bridgehead atoms. The third kappa shape index (κ3) is 4.87. The van der Waals surface area contributed by atoms with Gasteiger partial charge < -0.3 is 13.8 Å². The fraction of sp³-hybridized carbons (Fsp3) is 0.200. The summed E-state index contributed by atoms with van der Waals surface area (Å²) in [5.74, 6) is 0. The second-order valence-corrected chi connectivity index (χ2v) is 22.9. The van der Waals surface area contributed by atoms with Gasteiger partial charge in [0.2, 0.25) is 0 Å². The molecule has 0 fully saturated rings. The summed E-state index contributed by atoms with van der Waals surface area (Å²) in [7, 11) is 0. The number of para-hydroxylation sites is 1. The number of aromatic nitrogens is 1. The predicted molar refractivity (Wildman–Crippen MR) is 280 cm³/mol. The van der Waals surface area contributed by atoms with E-state index in [1.165, 1.54) is 120 Å². The highest BCUT2D eigenvalue weighted by Crippen LogP contribution is 2.53. The van der Waals surface area contributed by atoms with Crippen LogP contribution in [0.15, 0.2) is 138 Å². The van der Waals surface area contributed by atoms with Gasteiger partial charge in [0.25, 0.3) is 0 Å². The van der Waals surface area contributed by atoms with Crippen molar-refractivity contribution in [1.29, 1.82) is 0 Å². The van der Waals surface area contributed by atoms with Crippen LogP contribution < -0.4 is 15.7 Å². The van der Waals surface area contributed by atoms with Gasteiger partial charge in [-0.3, -0.25) is 0 Å². The minimum Gasteiger partial charge on any atom is -0.456 e. The van der Waals surface area contributed by atoms with Crippen LogP contribution in [-0.2, 0) is 16.2 Å². The van der Waals surface area contributed by atoms with Crippen LogP contribution in [0.4, 0.5) is 11.4 Å². The maximum atomic E-state index is 6.64. The number of hydrogen-bond donors (Lipinski definition) is 0. The van der Waals surface area contributed by atoms with Gasteiger partial charge in [-0.25, -0.2) is 0 Å². The molecule has 0 amide bonds. The van der Waals surface area contributed by atoms with Crippen LogP contribution in [0.5, 0.6) is 0 Å². The number of hydrogen-bond acceptors (Lipinski definition) is 3. The molecule has 5 heteroatoms. The van der Waals surface area contributed by atoms with Crippen LogP contribution in [-0.4, -0.2) is 11.4 Å². The van der Waals surface area contributed by atoms with Gasteiger partial charge in [-0.15, -0.1) is 11.3 Å². The van der Waals surface area contributed by atoms with Crippen molar-refractivity contribution < 1.29 is 4.42 Å². The zero-order chi connectivity index (χ0) is 44.2. The number of aryl methyl sites for hydroxylation is 1. The fourth-order valence-corrected chi connectivity index (χ4v) is 13.4. The molecule has 65 heavy (non-hydrogen) atoms. The van der Waals surface area contributed by atoms with E-state index in [0.29, 0.717) is 0 Å². The van der Waals surface area contributed by atoms with Crippen LogP contribution >= 0.6 is 11.3 Å². The summed E-state index contributed by atoms with van der Waals surface area (Å²) in [5.41, 5.74) is 22.9. The van der Waals surface area contributed by atoms with Gasteiger partial charge in [-0.2, -0.15) is 0 Å². The molecular weight excluding hydrogens is 808 g/mol. The smallest absolute Gasteiger partial charge is 0.333 e. The topological polar surface area (TPSA) is 21.3 Å². The average Bonchev–Trinajstić information content (AvgIpc) is 4.00. The Hall–Kier alpha value is -6.56. The van der Waals surface area contributed by atoms with Crippen molar-refractivity contribution in [1.82, 2.24) is 4.57 Å². The molecule has 8 aromatic carbocycles. The third-order valence-corrected chi connectivity index (χ3v) is 16.7. The highest BCUT2D eigenvalue weighted by atomic mass is 32.1. The second-order valence-electron chi connectivity index (χ2n) is 21.8. The molecule has 14 rings (SSSR count). The van der Waals surface area contributed by atoms with E-state index in [1.807, 2.05) is 11.3 Å². The molecule has 0 spiro atoms. The van der Waals surface area contributed by atoms with Crippen molar-refractivity contribution in [2.24, 2.45) is 0 Å². The summed E-state index contributed by atoms with van der Waals surface area (Å²) >= 11 is 1.94. The van der Waals surface area contributed by atoms with Crippen molar-refractivity contribution >= 4 is 104 Å². The van der Waals surface area contributed by atoms with Crippen LogP contribution in [0, 0.1) is 6.92 Å². The molecular formula is C60H49BN2OS. The minimum atomic E-state index is -0.159. The van der Waals surface area contributed by atoms with Gasteiger partial charge in [0.1, 0.15) is 11.2 Å². The summed E-state index contributed by atoms with van der Waals surface area (Å²) in [6, 6.07) is 51.8. The van der Waals surface area contributed by atoms with Gasteiger partial charge in [-0.05, 0) is 128 Å². The summed E-state index contributed by atoms with van der Waals surface area (Å²) in [4.78, 5) is 2.71. The summed E-state index contributed by atoms with van der Waals surface area (Å²) in [5, 5.41) is 7.52. The molecule has 3 aliphatic rings. The molecule has 0 saturated carbocycles. The average molecular weight is 857 g/mol. The van der Waals surface area contributed by atoms with Crippen LogP contribution in [0.2, 0.25) is 0 Å². The SMILES string of the molecule is Cc1cc2c3c4c1c1cc5oc6ccccc6c5cc1n4-c1cc4c(cc1B3N(c1ccc(C(C)(C)C)cc1)c1cc3sc5cc(C(C)(C)C)ccc5c3cc1-2)C(C)(C)c1ccccc1-4. The van der Waals surface area contributed by atoms with Crippen molar-refractivity contribution in [2.75, 3.05) is 4.81 Å². The highest BCUT2D eigenvalue weighted by Gasteiger charge is 2.47. The van der Waals surface area contributed by atoms with E-state index in [2.05, 4.69) is 205 Å². The molecule has 3 nitrogen and oxygen atoms in total. The number of benzene rings is 8. The van der Waals surface area contributed by atoms with Crippen LogP contribution in [0.3, 0.4) is 0 Å². The fourth-order valence-electron chi connectivity index (χ4n) is 12.2. The number of anilines is 2. The highest BCUT2D eigenvalue weighted by molar-refractivity contribution is 7.25. The molecule has 0 atom stereocenters. The first-order chi connectivity index (χ1) is 31.1. The lowest BCUT2D eigenvalue weighted by Crippen LogP contribution is -2.60. The first-order valence-corrected chi connectivity index (χ1v) is 24.1. The predicted octanol–water partition coefficient (Wildman–Crippen LogP) is 15.5. The molecule has 1 aliphatic carbocycles. The van der Waals surface area contributed by atoms with Gasteiger partial charge in [0.05, 0.1) is 11.0 Å². The molecule has 314 valence electrons. The molecule has 0 N–H and O–H groups in total. The van der Waals surface area contributed by atoms with Crippen molar-refractivity contribution in [2.45, 2.75) is 78.6 Å². The lowest BCUT2D eigenvalue weighted by molar-refractivity contribution is 0.590. The van der Waals surface area contributed by atoms with E-state index in [4.69, 9.17) is 4.42 Å². The van der Waals surface area contributed by atoms with E-state index < -0.39 is 0 Å². The lowest BCUT2D eigenvalue weighted by atomic mass is 9.43. The first-order valence-electron chi connectivity index (χ1n) is 23.3. The Morgan fingerprint density at radius 2 is 1.29 bits per heavy atom. The molecule has 2 aliphatic heterocycles. The summed E-state index contributed by atoms with van der Waals surface area (Å²) < 4.78 is 12.0. The van der Waals surface area contributed by atoms with Crippen molar-refractivity contribution in [3.05, 3.63) is 161 Å². The van der Waals surface area contributed by atoms with Crippen molar-refractivity contribution in [3.63, 3.8) is 0 Å². The van der Waals surface area contributed by atoms with E-state index in [9.17, 15) is 0 Å². The zero-order valence-electron chi connectivity index (χ0n) is 38.5. The zero-order valence-corrected chi connectivity index (χ0v) is 39.3. The van der Waals surface area contributed by atoms with Crippen LogP contribution in [0.25, 0.3) is 91.9 Å².